The summed E-state index contributed by atoms with van der Waals surface area (Å²) in [6.45, 7) is 11.9. The number of nitrogens with two attached hydrogens (primary N) is 1. The van der Waals surface area contributed by atoms with E-state index in [1.54, 1.807) is 0 Å². The van der Waals surface area contributed by atoms with Gasteiger partial charge in [-0.2, -0.15) is 0 Å². The van der Waals surface area contributed by atoms with Crippen LogP contribution in [0.5, 0.6) is 0 Å². The molecule has 0 aliphatic heterocycles. The second-order valence-electron chi connectivity index (χ2n) is 5.88. The molecule has 114 valence electrons. The van der Waals surface area contributed by atoms with Gasteiger partial charge in [0.1, 0.15) is 0 Å². The molecular weight excluding hydrogens is 355 g/mol. The van der Waals surface area contributed by atoms with Crippen LogP contribution in [0.2, 0.25) is 0 Å². The van der Waals surface area contributed by atoms with Crippen LogP contribution in [-0.2, 0) is 4.79 Å². The number of carbonyl (C=O) groups excluding carboxylic acids is 1. The molecule has 5 nitrogen and oxygen atoms in total. The Balaban J connectivity index is 0. The van der Waals surface area contributed by atoms with E-state index in [0.29, 0.717) is 25.0 Å². The van der Waals surface area contributed by atoms with Crippen molar-refractivity contribution in [2.24, 2.45) is 22.1 Å². The zero-order valence-electron chi connectivity index (χ0n) is 12.7. The van der Waals surface area contributed by atoms with Crippen LogP contribution in [0.15, 0.2) is 4.99 Å². The summed E-state index contributed by atoms with van der Waals surface area (Å²) in [5, 5.41) is 5.82. The highest BCUT2D eigenvalue weighted by atomic mass is 127. The molecule has 4 N–H and O–H groups in total. The Kier molecular flexibility index (Phi) is 11.2. The molecule has 0 bridgehead atoms. The van der Waals surface area contributed by atoms with Crippen LogP contribution in [0.1, 0.15) is 41.0 Å². The molecule has 0 heterocycles. The highest BCUT2D eigenvalue weighted by Gasteiger charge is 2.20. The van der Waals surface area contributed by atoms with Crippen LogP contribution >= 0.6 is 24.0 Å². The molecular formula is C13H29IN4O. The molecule has 0 unspecified atom stereocenters. The van der Waals surface area contributed by atoms with Gasteiger partial charge in [-0.1, -0.05) is 34.6 Å². The monoisotopic (exact) mass is 384 g/mol. The van der Waals surface area contributed by atoms with Crippen molar-refractivity contribution in [3.05, 3.63) is 0 Å². The fraction of sp³-hybridized carbons (Fsp3) is 0.846. The zero-order chi connectivity index (χ0) is 14.2. The van der Waals surface area contributed by atoms with E-state index in [4.69, 9.17) is 5.73 Å². The van der Waals surface area contributed by atoms with E-state index in [2.05, 4.69) is 29.5 Å². The second-order valence-corrected chi connectivity index (χ2v) is 5.88. The van der Waals surface area contributed by atoms with Gasteiger partial charge in [0.05, 0.1) is 0 Å². The van der Waals surface area contributed by atoms with Gasteiger partial charge in [-0.3, -0.25) is 9.79 Å². The van der Waals surface area contributed by atoms with Crippen molar-refractivity contribution in [3.63, 3.8) is 0 Å². The minimum atomic E-state index is -0.350. The Bertz CT molecular complexity index is 285. The first kappa shape index (κ1) is 20.8. The summed E-state index contributed by atoms with van der Waals surface area (Å²) < 4.78 is 0. The average molecular weight is 384 g/mol. The molecule has 0 saturated heterocycles. The highest BCUT2D eigenvalue weighted by Crippen LogP contribution is 2.11. The Labute approximate surface area is 134 Å². The van der Waals surface area contributed by atoms with Gasteiger partial charge in [-0.05, 0) is 12.3 Å². The maximum atomic E-state index is 11.6. The smallest absolute Gasteiger partial charge is 0.225 e. The Morgan fingerprint density at radius 2 is 1.74 bits per heavy atom. The fourth-order valence-corrected chi connectivity index (χ4v) is 1.13. The summed E-state index contributed by atoms with van der Waals surface area (Å²) in [4.78, 5) is 15.8. The van der Waals surface area contributed by atoms with Gasteiger partial charge in [-0.25, -0.2) is 0 Å². The summed E-state index contributed by atoms with van der Waals surface area (Å²) >= 11 is 0. The number of halogens is 1. The van der Waals surface area contributed by atoms with Crippen molar-refractivity contribution in [2.45, 2.75) is 41.0 Å². The molecule has 19 heavy (non-hydrogen) atoms. The van der Waals surface area contributed by atoms with E-state index in [-0.39, 0.29) is 35.3 Å². The first-order valence-corrected chi connectivity index (χ1v) is 6.55. The van der Waals surface area contributed by atoms with Crippen LogP contribution in [0.3, 0.4) is 0 Å². The summed E-state index contributed by atoms with van der Waals surface area (Å²) in [5.74, 6) is 1.12. The van der Waals surface area contributed by atoms with Gasteiger partial charge in [0.15, 0.2) is 5.96 Å². The average Bonchev–Trinajstić information content (AvgIpc) is 2.22. The number of nitrogens with zero attached hydrogens (tertiary/aromatic N) is 1. The van der Waals surface area contributed by atoms with Crippen molar-refractivity contribution < 1.29 is 4.79 Å². The van der Waals surface area contributed by atoms with Gasteiger partial charge in [-0.15, -0.1) is 24.0 Å². The Hall–Kier alpha value is -0.530. The third kappa shape index (κ3) is 12.3. The summed E-state index contributed by atoms with van der Waals surface area (Å²) in [6.07, 6.45) is 1.03. The number of guanidine groups is 1. The summed E-state index contributed by atoms with van der Waals surface area (Å²) in [7, 11) is 0. The molecule has 0 aliphatic carbocycles. The molecule has 0 spiro atoms. The maximum Gasteiger partial charge on any atom is 0.225 e. The van der Waals surface area contributed by atoms with E-state index in [0.717, 1.165) is 13.0 Å². The largest absolute Gasteiger partial charge is 0.370 e. The molecule has 0 aromatic rings. The van der Waals surface area contributed by atoms with Crippen LogP contribution in [0.4, 0.5) is 0 Å². The SMILES string of the molecule is CC(C)CCN=C(N)NCCNC(=O)C(C)(C)C.I. The van der Waals surface area contributed by atoms with E-state index >= 15 is 0 Å². The molecule has 0 radical (unpaired) electrons. The third-order valence-corrected chi connectivity index (χ3v) is 2.39. The minimum absolute atomic E-state index is 0. The minimum Gasteiger partial charge on any atom is -0.370 e. The first-order valence-electron chi connectivity index (χ1n) is 6.55. The van der Waals surface area contributed by atoms with Crippen molar-refractivity contribution in [1.82, 2.24) is 10.6 Å². The maximum absolute atomic E-state index is 11.6. The van der Waals surface area contributed by atoms with Gasteiger partial charge >= 0.3 is 0 Å². The van der Waals surface area contributed by atoms with Crippen molar-refractivity contribution in [3.8, 4) is 0 Å². The lowest BCUT2D eigenvalue weighted by atomic mass is 9.96. The standard InChI is InChI=1S/C13H28N4O.HI/c1-10(2)6-7-16-12(14)17-9-8-15-11(18)13(3,4)5;/h10H,6-9H2,1-5H3,(H,15,18)(H3,14,16,17);1H. The van der Waals surface area contributed by atoms with E-state index in [1.807, 2.05) is 20.8 Å². The lowest BCUT2D eigenvalue weighted by molar-refractivity contribution is -0.128. The van der Waals surface area contributed by atoms with Crippen LogP contribution in [0.25, 0.3) is 0 Å². The van der Waals surface area contributed by atoms with E-state index < -0.39 is 0 Å². The van der Waals surface area contributed by atoms with Crippen molar-refractivity contribution in [2.75, 3.05) is 19.6 Å². The molecule has 0 aromatic carbocycles. The molecule has 1 amide bonds. The Morgan fingerprint density at radius 1 is 1.21 bits per heavy atom. The van der Waals surface area contributed by atoms with Crippen LogP contribution < -0.4 is 16.4 Å². The lowest BCUT2D eigenvalue weighted by Gasteiger charge is -2.17. The predicted octanol–water partition coefficient (Wildman–Crippen LogP) is 1.72. The second kappa shape index (κ2) is 10.3. The van der Waals surface area contributed by atoms with Crippen molar-refractivity contribution >= 4 is 35.8 Å². The molecule has 0 aliphatic rings. The van der Waals surface area contributed by atoms with Gasteiger partial charge in [0, 0.05) is 25.0 Å². The number of hydrogen-bond acceptors (Lipinski definition) is 2. The third-order valence-electron chi connectivity index (χ3n) is 2.39. The molecule has 6 heteroatoms. The molecule has 0 rings (SSSR count). The number of nitrogens with one attached hydrogen (secondary N) is 2. The summed E-state index contributed by atoms with van der Waals surface area (Å²) in [5.41, 5.74) is 5.34. The molecule has 0 fully saturated rings. The van der Waals surface area contributed by atoms with Gasteiger partial charge in [0.25, 0.3) is 0 Å². The Morgan fingerprint density at radius 3 is 2.21 bits per heavy atom. The number of rotatable bonds is 6. The number of carbonyl (C=O) groups is 1. The topological polar surface area (TPSA) is 79.5 Å². The zero-order valence-corrected chi connectivity index (χ0v) is 15.1. The van der Waals surface area contributed by atoms with E-state index in [1.165, 1.54) is 0 Å². The van der Waals surface area contributed by atoms with Gasteiger partial charge < -0.3 is 16.4 Å². The fourth-order valence-electron chi connectivity index (χ4n) is 1.13. The van der Waals surface area contributed by atoms with Crippen molar-refractivity contribution in [1.29, 1.82) is 0 Å². The number of amides is 1. The molecule has 0 saturated carbocycles. The van der Waals surface area contributed by atoms with Crippen LogP contribution in [0, 0.1) is 11.3 Å². The first-order chi connectivity index (χ1) is 8.23. The van der Waals surface area contributed by atoms with E-state index in [9.17, 15) is 4.79 Å². The normalized spacial score (nSPS) is 12.0. The molecule has 0 aromatic heterocycles. The lowest BCUT2D eigenvalue weighted by Crippen LogP contribution is -2.41. The number of aliphatic imine (C=N–C) groups is 1. The molecule has 0 atom stereocenters. The van der Waals surface area contributed by atoms with Gasteiger partial charge in [0.2, 0.25) is 5.91 Å². The van der Waals surface area contributed by atoms with Crippen LogP contribution in [-0.4, -0.2) is 31.5 Å². The predicted molar refractivity (Wildman–Crippen MR) is 91.8 cm³/mol. The quantitative estimate of drug-likeness (QED) is 0.282. The number of hydrogen-bond donors (Lipinski definition) is 3. The highest BCUT2D eigenvalue weighted by molar-refractivity contribution is 14.0. The summed E-state index contributed by atoms with van der Waals surface area (Å²) in [6, 6.07) is 0.